The van der Waals surface area contributed by atoms with Gasteiger partial charge in [-0.05, 0) is 0 Å². The number of nitrogens with one attached hydrogen (secondary N) is 3. The summed E-state index contributed by atoms with van der Waals surface area (Å²) >= 11 is 0. The zero-order valence-corrected chi connectivity index (χ0v) is 6.37. The standard InChI is InChI=1S/C6H6N4O3/c11-4-5(12)9-3-2(8-4)1-7-6(13)10-3/h1,5,12H,(H,8,11)(H2,7,9,10,13). The summed E-state index contributed by atoms with van der Waals surface area (Å²) in [6.07, 6.45) is -0.129. The molecule has 0 saturated heterocycles. The van der Waals surface area contributed by atoms with Gasteiger partial charge in [-0.25, -0.2) is 4.79 Å². The highest BCUT2D eigenvalue weighted by Gasteiger charge is 2.23. The van der Waals surface area contributed by atoms with E-state index in [0.717, 1.165) is 0 Å². The lowest BCUT2D eigenvalue weighted by Gasteiger charge is -2.21. The maximum Gasteiger partial charge on any atom is 0.346 e. The van der Waals surface area contributed by atoms with E-state index in [2.05, 4.69) is 20.6 Å². The molecular weight excluding hydrogens is 176 g/mol. The number of carbonyl (C=O) groups excluding carboxylic acids is 1. The average molecular weight is 182 g/mol. The lowest BCUT2D eigenvalue weighted by molar-refractivity contribution is -0.123. The highest BCUT2D eigenvalue weighted by atomic mass is 16.3. The van der Waals surface area contributed by atoms with Crippen LogP contribution < -0.4 is 16.3 Å². The number of H-pyrrole nitrogens is 1. The lowest BCUT2D eigenvalue weighted by Crippen LogP contribution is -2.39. The fraction of sp³-hybridized carbons (Fsp3) is 0.167. The van der Waals surface area contributed by atoms with E-state index in [1.54, 1.807) is 0 Å². The molecule has 1 aliphatic heterocycles. The third-order valence-electron chi connectivity index (χ3n) is 1.60. The molecule has 7 heteroatoms. The van der Waals surface area contributed by atoms with Crippen LogP contribution >= 0.6 is 0 Å². The molecule has 13 heavy (non-hydrogen) atoms. The number of aromatic nitrogens is 2. The van der Waals surface area contributed by atoms with Gasteiger partial charge in [-0.2, -0.15) is 4.98 Å². The van der Waals surface area contributed by atoms with Crippen LogP contribution in [0.2, 0.25) is 0 Å². The minimum atomic E-state index is -1.34. The number of hydrogen-bond acceptors (Lipinski definition) is 5. The average Bonchev–Trinajstić information content (AvgIpc) is 2.08. The van der Waals surface area contributed by atoms with Gasteiger partial charge < -0.3 is 15.7 Å². The third kappa shape index (κ3) is 1.25. The third-order valence-corrected chi connectivity index (χ3v) is 1.60. The molecule has 1 unspecified atom stereocenters. The predicted octanol–water partition coefficient (Wildman–Crippen LogP) is -1.55. The molecule has 0 bridgehead atoms. The van der Waals surface area contributed by atoms with Gasteiger partial charge in [-0.3, -0.25) is 9.78 Å². The molecule has 0 spiro atoms. The van der Waals surface area contributed by atoms with Gasteiger partial charge in [0.05, 0.1) is 6.20 Å². The second-order valence-electron chi connectivity index (χ2n) is 2.51. The number of aliphatic hydroxyl groups excluding tert-OH is 1. The Morgan fingerprint density at radius 1 is 1.46 bits per heavy atom. The summed E-state index contributed by atoms with van der Waals surface area (Å²) in [6, 6.07) is 0. The molecule has 7 nitrogen and oxygen atoms in total. The maximum atomic E-state index is 10.9. The quantitative estimate of drug-likeness (QED) is 0.388. The van der Waals surface area contributed by atoms with Crippen molar-refractivity contribution in [2.24, 2.45) is 0 Å². The topological polar surface area (TPSA) is 107 Å². The van der Waals surface area contributed by atoms with E-state index in [0.29, 0.717) is 5.69 Å². The van der Waals surface area contributed by atoms with E-state index < -0.39 is 17.8 Å². The fourth-order valence-electron chi connectivity index (χ4n) is 1.01. The molecule has 2 rings (SSSR count). The first kappa shape index (κ1) is 7.74. The summed E-state index contributed by atoms with van der Waals surface area (Å²) in [6.45, 7) is 0. The van der Waals surface area contributed by atoms with Gasteiger partial charge in [0, 0.05) is 0 Å². The number of hydrogen-bond donors (Lipinski definition) is 4. The zero-order valence-electron chi connectivity index (χ0n) is 6.37. The van der Waals surface area contributed by atoms with Gasteiger partial charge in [0.2, 0.25) is 6.23 Å². The van der Waals surface area contributed by atoms with Crippen molar-refractivity contribution in [3.05, 3.63) is 16.7 Å². The van der Waals surface area contributed by atoms with Crippen molar-refractivity contribution in [2.75, 3.05) is 10.6 Å². The molecule has 2 heterocycles. The number of amides is 1. The Kier molecular flexibility index (Phi) is 1.52. The van der Waals surface area contributed by atoms with Gasteiger partial charge >= 0.3 is 5.69 Å². The number of aliphatic hydroxyl groups is 1. The van der Waals surface area contributed by atoms with Gasteiger partial charge in [0.15, 0.2) is 0 Å². The van der Waals surface area contributed by atoms with Crippen LogP contribution in [0.4, 0.5) is 11.5 Å². The highest BCUT2D eigenvalue weighted by Crippen LogP contribution is 2.19. The molecule has 0 saturated carbocycles. The Morgan fingerprint density at radius 2 is 2.23 bits per heavy atom. The lowest BCUT2D eigenvalue weighted by atomic mass is 10.3. The van der Waals surface area contributed by atoms with Crippen LogP contribution in [0, 0.1) is 0 Å². The number of nitrogens with zero attached hydrogens (tertiary/aromatic N) is 1. The smallest absolute Gasteiger partial charge is 0.346 e. The molecule has 1 aliphatic rings. The predicted molar refractivity (Wildman–Crippen MR) is 43.1 cm³/mol. The molecular formula is C6H6N4O3. The normalized spacial score (nSPS) is 20.1. The first-order valence-corrected chi connectivity index (χ1v) is 3.51. The molecule has 68 valence electrons. The Labute approximate surface area is 71.8 Å². The zero-order chi connectivity index (χ0) is 9.42. The van der Waals surface area contributed by atoms with Crippen LogP contribution in [-0.2, 0) is 4.79 Å². The van der Waals surface area contributed by atoms with Gasteiger partial charge in [-0.15, -0.1) is 0 Å². The Hall–Kier alpha value is -1.89. The number of fused-ring (bicyclic) bond motifs is 1. The second-order valence-corrected chi connectivity index (χ2v) is 2.51. The number of carbonyl (C=O) groups is 1. The molecule has 0 fully saturated rings. The molecule has 0 aromatic carbocycles. The van der Waals surface area contributed by atoms with Crippen LogP contribution in [0.15, 0.2) is 11.0 Å². The van der Waals surface area contributed by atoms with Crippen molar-refractivity contribution in [2.45, 2.75) is 6.23 Å². The summed E-state index contributed by atoms with van der Waals surface area (Å²) in [5, 5.41) is 13.8. The Bertz CT molecular complexity index is 413. The molecule has 0 aliphatic carbocycles. The number of anilines is 2. The minimum Gasteiger partial charge on any atom is -0.365 e. The van der Waals surface area contributed by atoms with Crippen LogP contribution in [0.5, 0.6) is 0 Å². The van der Waals surface area contributed by atoms with Crippen LogP contribution in [0.3, 0.4) is 0 Å². The summed E-state index contributed by atoms with van der Waals surface area (Å²) in [5.74, 6) is -0.326. The van der Waals surface area contributed by atoms with Gasteiger partial charge in [0.25, 0.3) is 5.91 Å². The maximum absolute atomic E-state index is 10.9. The summed E-state index contributed by atoms with van der Waals surface area (Å²) in [5.41, 5.74) is -0.204. The van der Waals surface area contributed by atoms with Gasteiger partial charge in [0.1, 0.15) is 11.5 Å². The summed E-state index contributed by atoms with van der Waals surface area (Å²) < 4.78 is 0. The summed E-state index contributed by atoms with van der Waals surface area (Å²) in [7, 11) is 0. The van der Waals surface area contributed by atoms with E-state index in [4.69, 9.17) is 5.11 Å². The molecule has 0 radical (unpaired) electrons. The Balaban J connectivity index is 2.48. The van der Waals surface area contributed by atoms with Crippen LogP contribution in [0.1, 0.15) is 0 Å². The second kappa shape index (κ2) is 2.56. The van der Waals surface area contributed by atoms with Crippen molar-refractivity contribution in [1.29, 1.82) is 0 Å². The molecule has 4 N–H and O–H groups in total. The van der Waals surface area contributed by atoms with E-state index >= 15 is 0 Å². The molecule has 1 amide bonds. The first-order valence-electron chi connectivity index (χ1n) is 3.51. The van der Waals surface area contributed by atoms with Crippen molar-refractivity contribution in [3.63, 3.8) is 0 Å². The van der Waals surface area contributed by atoms with E-state index in [-0.39, 0.29) is 5.82 Å². The monoisotopic (exact) mass is 182 g/mol. The van der Waals surface area contributed by atoms with Crippen molar-refractivity contribution in [1.82, 2.24) is 9.97 Å². The van der Waals surface area contributed by atoms with Crippen LogP contribution in [0.25, 0.3) is 0 Å². The van der Waals surface area contributed by atoms with E-state index in [9.17, 15) is 9.59 Å². The Morgan fingerprint density at radius 3 is 3.00 bits per heavy atom. The van der Waals surface area contributed by atoms with Crippen molar-refractivity contribution in [3.8, 4) is 0 Å². The SMILES string of the molecule is O=C1Nc2cnc(=O)[nH]c2NC1O. The molecule has 1 atom stereocenters. The van der Waals surface area contributed by atoms with Crippen molar-refractivity contribution >= 4 is 17.4 Å². The summed E-state index contributed by atoms with van der Waals surface area (Å²) in [4.78, 5) is 27.4. The van der Waals surface area contributed by atoms with Gasteiger partial charge in [-0.1, -0.05) is 0 Å². The fourth-order valence-corrected chi connectivity index (χ4v) is 1.01. The van der Waals surface area contributed by atoms with E-state index in [1.807, 2.05) is 0 Å². The minimum absolute atomic E-state index is 0.257. The number of rotatable bonds is 0. The largest absolute Gasteiger partial charge is 0.365 e. The molecule has 1 aromatic heterocycles. The van der Waals surface area contributed by atoms with E-state index in [1.165, 1.54) is 6.20 Å². The number of aromatic amines is 1. The van der Waals surface area contributed by atoms with Crippen molar-refractivity contribution < 1.29 is 9.90 Å². The van der Waals surface area contributed by atoms with Crippen LogP contribution in [-0.4, -0.2) is 27.2 Å². The molecule has 1 aromatic rings. The highest BCUT2D eigenvalue weighted by molar-refractivity contribution is 6.00. The first-order chi connectivity index (χ1) is 6.16.